The van der Waals surface area contributed by atoms with Crippen LogP contribution in [0.1, 0.15) is 20.3 Å². The van der Waals surface area contributed by atoms with Gasteiger partial charge in [-0.25, -0.2) is 0 Å². The summed E-state index contributed by atoms with van der Waals surface area (Å²) in [4.78, 5) is 4.94. The van der Waals surface area contributed by atoms with Gasteiger partial charge >= 0.3 is 0 Å². The van der Waals surface area contributed by atoms with Crippen molar-refractivity contribution >= 4 is 17.7 Å². The fourth-order valence-corrected chi connectivity index (χ4v) is 0.988. The molecule has 0 spiro atoms. The van der Waals surface area contributed by atoms with E-state index in [1.165, 1.54) is 0 Å². The lowest BCUT2D eigenvalue weighted by Crippen LogP contribution is -2.18. The second-order valence-corrected chi connectivity index (χ2v) is 2.98. The zero-order valence-corrected chi connectivity index (χ0v) is 5.79. The molecule has 0 bridgehead atoms. The average molecular weight is 130 g/mol. The Kier molecular flexibility index (Phi) is 1.15. The molecule has 1 rings (SSSR count). The van der Waals surface area contributed by atoms with Crippen LogP contribution in [0.5, 0.6) is 0 Å². The van der Waals surface area contributed by atoms with Gasteiger partial charge in [0.2, 0.25) is 0 Å². The van der Waals surface area contributed by atoms with Gasteiger partial charge in [0, 0.05) is 6.42 Å². The van der Waals surface area contributed by atoms with Gasteiger partial charge < -0.3 is 17.5 Å². The van der Waals surface area contributed by atoms with Crippen molar-refractivity contribution < 1.29 is 4.84 Å². The van der Waals surface area contributed by atoms with Gasteiger partial charge in [-0.2, -0.15) is 0 Å². The van der Waals surface area contributed by atoms with E-state index in [0.29, 0.717) is 5.04 Å². The molecule has 0 N–H and O–H groups in total. The van der Waals surface area contributed by atoms with Gasteiger partial charge in [-0.15, -0.1) is 5.16 Å². The van der Waals surface area contributed by atoms with Crippen LogP contribution in [0.3, 0.4) is 0 Å². The number of nitrogens with zero attached hydrogens (tertiary/aromatic N) is 1. The molecule has 1 aliphatic heterocycles. The molecule has 0 aliphatic carbocycles. The molecule has 0 unspecified atom stereocenters. The first kappa shape index (κ1) is 5.82. The molecule has 1 heterocycles. The summed E-state index contributed by atoms with van der Waals surface area (Å²) >= 11 is 4.78. The minimum absolute atomic E-state index is 0.142. The van der Waals surface area contributed by atoms with E-state index in [1.54, 1.807) is 0 Å². The van der Waals surface area contributed by atoms with Crippen LogP contribution in [0.25, 0.3) is 0 Å². The third-order valence-electron chi connectivity index (χ3n) is 0.972. The van der Waals surface area contributed by atoms with E-state index in [2.05, 4.69) is 5.16 Å². The quantitative estimate of drug-likeness (QED) is 0.457. The van der Waals surface area contributed by atoms with E-state index in [1.807, 2.05) is 13.8 Å². The van der Waals surface area contributed by atoms with Crippen LogP contribution >= 0.6 is 0 Å². The fourth-order valence-electron chi connectivity index (χ4n) is 0.603. The van der Waals surface area contributed by atoms with Gasteiger partial charge in [0.25, 0.3) is 0 Å². The van der Waals surface area contributed by atoms with E-state index >= 15 is 0 Å². The summed E-state index contributed by atoms with van der Waals surface area (Å²) in [6, 6.07) is 0. The number of hydrogen-bond donors (Lipinski definition) is 0. The van der Waals surface area contributed by atoms with E-state index in [-0.39, 0.29) is 5.60 Å². The van der Waals surface area contributed by atoms with Gasteiger partial charge in [0.1, 0.15) is 5.60 Å². The predicted octanol–water partition coefficient (Wildman–Crippen LogP) is 1.05. The minimum atomic E-state index is -0.142. The van der Waals surface area contributed by atoms with Crippen LogP contribution in [0.15, 0.2) is 5.16 Å². The molecule has 0 fully saturated rings. The summed E-state index contributed by atoms with van der Waals surface area (Å²) < 4.78 is 0. The average Bonchev–Trinajstić information content (AvgIpc) is 1.82. The molecule has 0 atom stereocenters. The topological polar surface area (TPSA) is 21.6 Å². The summed E-state index contributed by atoms with van der Waals surface area (Å²) in [5.41, 5.74) is -0.142. The molecular weight excluding hydrogens is 122 g/mol. The highest BCUT2D eigenvalue weighted by Gasteiger charge is 2.22. The predicted molar refractivity (Wildman–Crippen MR) is 34.6 cm³/mol. The minimum Gasteiger partial charge on any atom is -0.761 e. The van der Waals surface area contributed by atoms with Gasteiger partial charge in [0.05, 0.1) is 0 Å². The molecule has 0 amide bonds. The maximum atomic E-state index is 4.94. The Hall–Kier alpha value is -0.310. The lowest BCUT2D eigenvalue weighted by molar-refractivity contribution is 0.0123. The van der Waals surface area contributed by atoms with Crippen molar-refractivity contribution in [3.8, 4) is 0 Å². The van der Waals surface area contributed by atoms with Crippen LogP contribution < -0.4 is 0 Å². The summed E-state index contributed by atoms with van der Waals surface area (Å²) in [5, 5.41) is 4.30. The number of oxime groups is 1. The summed E-state index contributed by atoms with van der Waals surface area (Å²) in [6.07, 6.45) is 0.780. The third kappa shape index (κ3) is 1.10. The highest BCUT2D eigenvalue weighted by atomic mass is 32.1. The number of rotatable bonds is 0. The second kappa shape index (κ2) is 1.58. The van der Waals surface area contributed by atoms with Crippen LogP contribution in [-0.4, -0.2) is 10.6 Å². The maximum absolute atomic E-state index is 4.94. The zero-order chi connectivity index (χ0) is 6.20. The fraction of sp³-hybridized carbons (Fsp3) is 0.800. The Bertz CT molecular complexity index is 130. The molecule has 0 radical (unpaired) electrons. The smallest absolute Gasteiger partial charge is 0.135 e. The Labute approximate surface area is 54.3 Å². The Morgan fingerprint density at radius 2 is 2.38 bits per heavy atom. The van der Waals surface area contributed by atoms with E-state index in [9.17, 15) is 0 Å². The molecule has 46 valence electrons. The van der Waals surface area contributed by atoms with E-state index < -0.39 is 0 Å². The normalized spacial score (nSPS) is 24.5. The molecule has 0 saturated carbocycles. The van der Waals surface area contributed by atoms with Crippen molar-refractivity contribution in [2.45, 2.75) is 25.9 Å². The van der Waals surface area contributed by atoms with Crippen LogP contribution in [0, 0.1) is 0 Å². The van der Waals surface area contributed by atoms with Crippen molar-refractivity contribution in [2.75, 3.05) is 0 Å². The Balaban J connectivity index is 2.55. The van der Waals surface area contributed by atoms with Crippen LogP contribution in [-0.2, 0) is 17.5 Å². The first-order valence-electron chi connectivity index (χ1n) is 2.52. The molecule has 8 heavy (non-hydrogen) atoms. The lowest BCUT2D eigenvalue weighted by Gasteiger charge is -2.14. The summed E-state index contributed by atoms with van der Waals surface area (Å²) in [6.45, 7) is 3.94. The van der Waals surface area contributed by atoms with Crippen LogP contribution in [0.4, 0.5) is 0 Å². The van der Waals surface area contributed by atoms with Gasteiger partial charge in [-0.1, -0.05) is 5.04 Å². The largest absolute Gasteiger partial charge is 0.761 e. The maximum Gasteiger partial charge on any atom is 0.135 e. The molecule has 2 nitrogen and oxygen atoms in total. The first-order chi connectivity index (χ1) is 3.60. The van der Waals surface area contributed by atoms with Crippen molar-refractivity contribution in [3.63, 3.8) is 0 Å². The summed E-state index contributed by atoms with van der Waals surface area (Å²) in [5.74, 6) is 0. The molecular formula is C5H8NOS-. The van der Waals surface area contributed by atoms with Gasteiger partial charge in [0.15, 0.2) is 0 Å². The Morgan fingerprint density at radius 3 is 2.50 bits per heavy atom. The van der Waals surface area contributed by atoms with E-state index in [0.717, 1.165) is 6.42 Å². The summed E-state index contributed by atoms with van der Waals surface area (Å²) in [7, 11) is 0. The monoisotopic (exact) mass is 130 g/mol. The van der Waals surface area contributed by atoms with Gasteiger partial charge in [-0.3, -0.25) is 0 Å². The molecule has 0 aromatic heterocycles. The molecule has 1 aliphatic rings. The van der Waals surface area contributed by atoms with Gasteiger partial charge in [-0.05, 0) is 13.8 Å². The van der Waals surface area contributed by atoms with Crippen molar-refractivity contribution in [2.24, 2.45) is 5.16 Å². The van der Waals surface area contributed by atoms with Crippen LogP contribution in [0.2, 0.25) is 0 Å². The standard InChI is InChI=1S/C5H9NOS/c1-5(2)3-4(8)6-7-5/h3H2,1-2H3,(H,6,8)/p-1. The van der Waals surface area contributed by atoms with E-state index in [4.69, 9.17) is 17.5 Å². The highest BCUT2D eigenvalue weighted by Crippen LogP contribution is 2.20. The van der Waals surface area contributed by atoms with Crippen molar-refractivity contribution in [1.29, 1.82) is 0 Å². The molecule has 0 saturated heterocycles. The lowest BCUT2D eigenvalue weighted by atomic mass is 10.1. The second-order valence-electron chi connectivity index (χ2n) is 2.51. The molecule has 0 aromatic carbocycles. The molecule has 3 heteroatoms. The third-order valence-corrected chi connectivity index (χ3v) is 1.19. The highest BCUT2D eigenvalue weighted by molar-refractivity contribution is 7.77. The number of hydrogen-bond acceptors (Lipinski definition) is 3. The van der Waals surface area contributed by atoms with Crippen molar-refractivity contribution in [3.05, 3.63) is 0 Å². The SMILES string of the molecule is CC1(C)CC([S-])=NO1. The first-order valence-corrected chi connectivity index (χ1v) is 2.93. The zero-order valence-electron chi connectivity index (χ0n) is 4.97. The van der Waals surface area contributed by atoms with Crippen molar-refractivity contribution in [1.82, 2.24) is 0 Å². The Morgan fingerprint density at radius 1 is 1.75 bits per heavy atom. The molecule has 0 aromatic rings.